The Morgan fingerprint density at radius 2 is 2.06 bits per heavy atom. The predicted octanol–water partition coefficient (Wildman–Crippen LogP) is 3.66. The summed E-state index contributed by atoms with van der Waals surface area (Å²) in [6.45, 7) is 0. The molecule has 0 aromatic heterocycles. The second-order valence-corrected chi connectivity index (χ2v) is 4.01. The molecule has 0 heterocycles. The van der Waals surface area contributed by atoms with E-state index in [4.69, 9.17) is 16.3 Å². The topological polar surface area (TPSA) is 52.4 Å². The first kappa shape index (κ1) is 12.4. The van der Waals surface area contributed by atoms with Crippen molar-refractivity contribution in [2.75, 3.05) is 7.11 Å². The van der Waals surface area contributed by atoms with E-state index in [1.807, 2.05) is 30.3 Å². The number of fused-ring (bicyclic) bond motifs is 1. The summed E-state index contributed by atoms with van der Waals surface area (Å²) in [7, 11) is 1.52. The molecule has 4 nitrogen and oxygen atoms in total. The molecule has 0 fully saturated rings. The maximum Gasteiger partial charge on any atom is 0.338 e. The average Bonchev–Trinajstić information content (AvgIpc) is 2.39. The van der Waals surface area contributed by atoms with Crippen LogP contribution in [0.2, 0.25) is 0 Å². The number of nitrogens with zero attached hydrogens (tertiary/aromatic N) is 1. The fourth-order valence-corrected chi connectivity index (χ4v) is 1.88. The molecule has 0 saturated heterocycles. The molecule has 2 rings (SSSR count). The number of benzene rings is 2. The summed E-state index contributed by atoms with van der Waals surface area (Å²) < 4.78 is 5.21. The smallest absolute Gasteiger partial charge is 0.338 e. The first-order valence-corrected chi connectivity index (χ1v) is 5.58. The van der Waals surface area contributed by atoms with Gasteiger partial charge in [-0.15, -0.1) is 0 Å². The van der Waals surface area contributed by atoms with Crippen LogP contribution < -0.4 is 4.74 Å². The van der Waals surface area contributed by atoms with Crippen molar-refractivity contribution in [2.24, 2.45) is 0 Å². The highest BCUT2D eigenvalue weighted by molar-refractivity contribution is 6.30. The van der Waals surface area contributed by atoms with Crippen LogP contribution in [0.5, 0.6) is 5.75 Å². The van der Waals surface area contributed by atoms with E-state index in [9.17, 15) is 10.1 Å². The van der Waals surface area contributed by atoms with Crippen molar-refractivity contribution in [2.45, 2.75) is 0 Å². The number of rotatable bonds is 3. The minimum absolute atomic E-state index is 0.440. The van der Waals surface area contributed by atoms with Crippen LogP contribution in [0.15, 0.2) is 41.6 Å². The van der Waals surface area contributed by atoms with Gasteiger partial charge >= 0.3 is 5.16 Å². The van der Waals surface area contributed by atoms with Gasteiger partial charge in [0.25, 0.3) is 0 Å². The van der Waals surface area contributed by atoms with Crippen molar-refractivity contribution in [1.82, 2.24) is 0 Å². The van der Waals surface area contributed by atoms with E-state index in [-0.39, 0.29) is 0 Å². The molecule has 0 saturated carbocycles. The third-order valence-corrected chi connectivity index (χ3v) is 2.84. The first-order valence-electron chi connectivity index (χ1n) is 5.21. The molecule has 2 aromatic rings. The molecule has 0 aliphatic carbocycles. The zero-order valence-electron chi connectivity index (χ0n) is 9.59. The summed E-state index contributed by atoms with van der Waals surface area (Å²) in [5.74, 6) is 0.550. The van der Waals surface area contributed by atoms with Crippen LogP contribution in [0.4, 0.5) is 0 Å². The molecule has 92 valence electrons. The van der Waals surface area contributed by atoms with Gasteiger partial charge in [-0.1, -0.05) is 30.3 Å². The normalized spacial score (nSPS) is 11.6. The predicted molar refractivity (Wildman–Crippen MR) is 71.3 cm³/mol. The van der Waals surface area contributed by atoms with Gasteiger partial charge in [-0.05, 0) is 28.4 Å². The van der Waals surface area contributed by atoms with Gasteiger partial charge in [0.2, 0.25) is 0 Å². The third kappa shape index (κ3) is 2.28. The minimum Gasteiger partial charge on any atom is -0.496 e. The Bertz CT molecular complexity index is 637. The van der Waals surface area contributed by atoms with Gasteiger partial charge in [-0.25, -0.2) is 0 Å². The van der Waals surface area contributed by atoms with Gasteiger partial charge in [0, 0.05) is 11.6 Å². The Kier molecular flexibility index (Phi) is 3.48. The van der Waals surface area contributed by atoms with Gasteiger partial charge in [0.15, 0.2) is 0 Å². The first-order chi connectivity index (χ1) is 8.63. The summed E-state index contributed by atoms with van der Waals surface area (Å²) in [5, 5.41) is 12.0. The molecule has 0 N–H and O–H groups in total. The minimum atomic E-state index is -0.636. The van der Waals surface area contributed by atoms with E-state index in [1.165, 1.54) is 13.2 Å². The van der Waals surface area contributed by atoms with Gasteiger partial charge < -0.3 is 4.74 Å². The number of ether oxygens (including phenoxy) is 1. The third-order valence-electron chi connectivity index (χ3n) is 2.59. The van der Waals surface area contributed by atoms with E-state index in [0.717, 1.165) is 10.8 Å². The number of hydrogen-bond acceptors (Lipinski definition) is 3. The highest BCUT2D eigenvalue weighted by Gasteiger charge is 2.11. The van der Waals surface area contributed by atoms with Gasteiger partial charge in [-0.2, -0.15) is 0 Å². The molecular formula is C13H10ClNO3. The fourth-order valence-electron chi connectivity index (χ4n) is 1.77. The van der Waals surface area contributed by atoms with Crippen LogP contribution in [-0.4, -0.2) is 12.0 Å². The second kappa shape index (κ2) is 5.06. The summed E-state index contributed by atoms with van der Waals surface area (Å²) in [6, 6.07) is 11.2. The number of methoxy groups -OCH3 is 1. The Morgan fingerprint density at radius 3 is 2.72 bits per heavy atom. The molecule has 0 amide bonds. The molecule has 18 heavy (non-hydrogen) atoms. The SMILES string of the molecule is COc1ccc2ccccc2c1/C=C(\Cl)[N+](=O)[O-]. The zero-order valence-corrected chi connectivity index (χ0v) is 10.3. The average molecular weight is 264 g/mol. The van der Waals surface area contributed by atoms with E-state index >= 15 is 0 Å². The molecule has 2 aromatic carbocycles. The van der Waals surface area contributed by atoms with Crippen molar-refractivity contribution >= 4 is 28.4 Å². The van der Waals surface area contributed by atoms with Gasteiger partial charge in [0.05, 0.1) is 12.0 Å². The summed E-state index contributed by atoms with van der Waals surface area (Å²) in [4.78, 5) is 9.97. The molecule has 0 aliphatic heterocycles. The lowest BCUT2D eigenvalue weighted by molar-refractivity contribution is -0.410. The fraction of sp³-hybridized carbons (Fsp3) is 0.0769. The van der Waals surface area contributed by atoms with Gasteiger partial charge in [0.1, 0.15) is 5.75 Å². The zero-order chi connectivity index (χ0) is 13.1. The van der Waals surface area contributed by atoms with Crippen LogP contribution >= 0.6 is 11.6 Å². The molecule has 0 bridgehead atoms. The number of hydrogen-bond donors (Lipinski definition) is 0. The van der Waals surface area contributed by atoms with Crippen molar-refractivity contribution in [3.05, 3.63) is 57.2 Å². The van der Waals surface area contributed by atoms with Gasteiger partial charge in [-0.3, -0.25) is 10.1 Å². The van der Waals surface area contributed by atoms with E-state index in [1.54, 1.807) is 6.07 Å². The van der Waals surface area contributed by atoms with E-state index in [2.05, 4.69) is 0 Å². The summed E-state index contributed by atoms with van der Waals surface area (Å²) >= 11 is 5.59. The van der Waals surface area contributed by atoms with Crippen LogP contribution in [0.3, 0.4) is 0 Å². The summed E-state index contributed by atoms with van der Waals surface area (Å²) in [6.07, 6.45) is 1.31. The number of nitro groups is 1. The molecule has 0 atom stereocenters. The monoisotopic (exact) mass is 263 g/mol. The quantitative estimate of drug-likeness (QED) is 0.482. The van der Waals surface area contributed by atoms with Crippen LogP contribution in [-0.2, 0) is 0 Å². The lowest BCUT2D eigenvalue weighted by Crippen LogP contribution is -1.93. The Morgan fingerprint density at radius 1 is 1.33 bits per heavy atom. The number of halogens is 1. The van der Waals surface area contributed by atoms with Crippen molar-refractivity contribution in [3.8, 4) is 5.75 Å². The van der Waals surface area contributed by atoms with Crippen LogP contribution in [0.1, 0.15) is 5.56 Å². The van der Waals surface area contributed by atoms with E-state index in [0.29, 0.717) is 11.3 Å². The Balaban J connectivity index is 2.73. The van der Waals surface area contributed by atoms with Crippen LogP contribution in [0.25, 0.3) is 16.8 Å². The lowest BCUT2D eigenvalue weighted by atomic mass is 10.0. The maximum absolute atomic E-state index is 10.6. The molecule has 0 spiro atoms. The second-order valence-electron chi connectivity index (χ2n) is 3.63. The Labute approximate surface area is 109 Å². The van der Waals surface area contributed by atoms with Crippen LogP contribution in [0, 0.1) is 10.1 Å². The lowest BCUT2D eigenvalue weighted by Gasteiger charge is -2.08. The molecule has 5 heteroatoms. The molecule has 0 aliphatic rings. The molecule has 0 unspecified atom stereocenters. The highest BCUT2D eigenvalue weighted by atomic mass is 35.5. The maximum atomic E-state index is 10.6. The largest absolute Gasteiger partial charge is 0.496 e. The highest BCUT2D eigenvalue weighted by Crippen LogP contribution is 2.30. The standard InChI is InChI=1S/C13H10ClNO3/c1-18-12-7-6-9-4-2-3-5-10(9)11(12)8-13(14)15(16)17/h2-8H,1H3/b13-8+. The van der Waals surface area contributed by atoms with Crippen molar-refractivity contribution in [3.63, 3.8) is 0 Å². The van der Waals surface area contributed by atoms with Crippen molar-refractivity contribution in [1.29, 1.82) is 0 Å². The van der Waals surface area contributed by atoms with Crippen molar-refractivity contribution < 1.29 is 9.66 Å². The van der Waals surface area contributed by atoms with E-state index < -0.39 is 10.1 Å². The Hall–Kier alpha value is -2.07. The molecule has 0 radical (unpaired) electrons. The molecular weight excluding hydrogens is 254 g/mol. The summed E-state index contributed by atoms with van der Waals surface area (Å²) in [5.41, 5.74) is 0.609.